The van der Waals surface area contributed by atoms with Gasteiger partial charge in [-0.25, -0.2) is 4.68 Å². The third-order valence-electron chi connectivity index (χ3n) is 4.41. The maximum Gasteiger partial charge on any atom is 0.244 e. The van der Waals surface area contributed by atoms with Crippen molar-refractivity contribution in [2.75, 3.05) is 38.7 Å². The number of rotatable bonds is 4. The molecule has 2 aliphatic heterocycles. The van der Waals surface area contributed by atoms with Crippen LogP contribution in [0.25, 0.3) is 0 Å². The van der Waals surface area contributed by atoms with Gasteiger partial charge in [-0.05, 0) is 28.1 Å². The van der Waals surface area contributed by atoms with Gasteiger partial charge in [0.25, 0.3) is 0 Å². The summed E-state index contributed by atoms with van der Waals surface area (Å²) in [6.45, 7) is 4.14. The van der Waals surface area contributed by atoms with Crippen molar-refractivity contribution in [3.63, 3.8) is 0 Å². The fourth-order valence-corrected chi connectivity index (χ4v) is 3.01. The highest BCUT2D eigenvalue weighted by atomic mass is 16.7. The molecule has 0 atom stereocenters. The lowest BCUT2D eigenvalue weighted by atomic mass is 10.1. The average molecular weight is 345 g/mol. The summed E-state index contributed by atoms with van der Waals surface area (Å²) >= 11 is 0. The first-order chi connectivity index (χ1) is 12.2. The zero-order valence-electron chi connectivity index (χ0n) is 13.7. The van der Waals surface area contributed by atoms with Crippen LogP contribution < -0.4 is 15.2 Å². The minimum atomic E-state index is -0.0262. The number of ether oxygens (including phenoxy) is 2. The second-order valence-corrected chi connectivity index (χ2v) is 6.04. The van der Waals surface area contributed by atoms with Crippen molar-refractivity contribution in [2.24, 2.45) is 0 Å². The quantitative estimate of drug-likeness (QED) is 0.776. The molecule has 1 saturated heterocycles. The van der Waals surface area contributed by atoms with Crippen molar-refractivity contribution in [3.05, 3.63) is 23.8 Å². The van der Waals surface area contributed by atoms with Crippen molar-refractivity contribution in [3.8, 4) is 11.5 Å². The number of nitrogen functional groups attached to an aromatic ring is 1. The third kappa shape index (κ3) is 3.33. The second-order valence-electron chi connectivity index (χ2n) is 6.04. The molecule has 1 amide bonds. The van der Waals surface area contributed by atoms with Crippen LogP contribution >= 0.6 is 0 Å². The number of amides is 1. The van der Waals surface area contributed by atoms with Crippen LogP contribution in [0, 0.1) is 0 Å². The van der Waals surface area contributed by atoms with Crippen molar-refractivity contribution >= 4 is 11.9 Å². The number of tetrazole rings is 1. The van der Waals surface area contributed by atoms with Crippen LogP contribution in [0.3, 0.4) is 0 Å². The predicted molar refractivity (Wildman–Crippen MR) is 86.7 cm³/mol. The number of nitrogens with two attached hydrogens (primary N) is 1. The van der Waals surface area contributed by atoms with E-state index in [9.17, 15) is 4.79 Å². The molecule has 2 N–H and O–H groups in total. The summed E-state index contributed by atoms with van der Waals surface area (Å²) in [5, 5.41) is 10.7. The first-order valence-electron chi connectivity index (χ1n) is 8.09. The van der Waals surface area contributed by atoms with Gasteiger partial charge in [-0.2, -0.15) is 0 Å². The van der Waals surface area contributed by atoms with Gasteiger partial charge in [0.15, 0.2) is 11.5 Å². The van der Waals surface area contributed by atoms with Gasteiger partial charge in [0.2, 0.25) is 18.6 Å². The number of nitrogens with zero attached hydrogens (tertiary/aromatic N) is 6. The molecule has 1 fully saturated rings. The van der Waals surface area contributed by atoms with Crippen LogP contribution in [-0.2, 0) is 17.9 Å². The van der Waals surface area contributed by atoms with E-state index in [0.717, 1.165) is 31.1 Å². The molecule has 2 aliphatic rings. The smallest absolute Gasteiger partial charge is 0.244 e. The van der Waals surface area contributed by atoms with Gasteiger partial charge in [0, 0.05) is 32.7 Å². The van der Waals surface area contributed by atoms with Crippen LogP contribution in [0.2, 0.25) is 0 Å². The molecule has 1 aromatic carbocycles. The molecule has 1 aromatic heterocycles. The molecule has 25 heavy (non-hydrogen) atoms. The zero-order chi connectivity index (χ0) is 17.2. The highest BCUT2D eigenvalue weighted by molar-refractivity contribution is 5.76. The van der Waals surface area contributed by atoms with E-state index in [1.807, 2.05) is 23.1 Å². The van der Waals surface area contributed by atoms with E-state index in [2.05, 4.69) is 20.4 Å². The van der Waals surface area contributed by atoms with E-state index in [4.69, 9.17) is 15.2 Å². The van der Waals surface area contributed by atoms with Gasteiger partial charge in [-0.15, -0.1) is 0 Å². The minimum absolute atomic E-state index is 0.0262. The number of carbonyl (C=O) groups is 1. The second kappa shape index (κ2) is 6.55. The van der Waals surface area contributed by atoms with Crippen LogP contribution in [-0.4, -0.2) is 68.9 Å². The summed E-state index contributed by atoms with van der Waals surface area (Å²) in [4.78, 5) is 16.4. The molecule has 0 unspecified atom stereocenters. The van der Waals surface area contributed by atoms with Gasteiger partial charge in [0.1, 0.15) is 6.54 Å². The maximum absolute atomic E-state index is 12.3. The molecule has 0 saturated carbocycles. The molecule has 3 heterocycles. The number of carbonyl (C=O) groups excluding carboxylic acids is 1. The number of hydrogen-bond donors (Lipinski definition) is 1. The molecule has 0 spiro atoms. The van der Waals surface area contributed by atoms with E-state index < -0.39 is 0 Å². The number of hydrogen-bond acceptors (Lipinski definition) is 8. The van der Waals surface area contributed by atoms with Gasteiger partial charge in [-0.3, -0.25) is 9.69 Å². The molecule has 10 nitrogen and oxygen atoms in total. The summed E-state index contributed by atoms with van der Waals surface area (Å²) in [6.07, 6.45) is 0. The normalized spacial score (nSPS) is 17.0. The summed E-state index contributed by atoms with van der Waals surface area (Å²) in [5.41, 5.74) is 6.77. The maximum atomic E-state index is 12.3. The Labute approximate surface area is 144 Å². The molecule has 0 aliphatic carbocycles. The lowest BCUT2D eigenvalue weighted by Crippen LogP contribution is -2.49. The number of piperazine rings is 1. The average Bonchev–Trinajstić information content (AvgIpc) is 3.24. The van der Waals surface area contributed by atoms with Crippen LogP contribution in [0.5, 0.6) is 11.5 Å². The lowest BCUT2D eigenvalue weighted by molar-refractivity contribution is -0.133. The van der Waals surface area contributed by atoms with E-state index in [-0.39, 0.29) is 25.2 Å². The van der Waals surface area contributed by atoms with Gasteiger partial charge >= 0.3 is 0 Å². The Hall–Kier alpha value is -2.88. The fraction of sp³-hybridized carbons (Fsp3) is 0.467. The van der Waals surface area contributed by atoms with Crippen LogP contribution in [0.15, 0.2) is 18.2 Å². The number of fused-ring (bicyclic) bond motifs is 1. The third-order valence-corrected chi connectivity index (χ3v) is 4.41. The summed E-state index contributed by atoms with van der Waals surface area (Å²) in [6, 6.07) is 6.00. The molecule has 0 radical (unpaired) electrons. The number of anilines is 1. The Morgan fingerprint density at radius 2 is 1.96 bits per heavy atom. The van der Waals surface area contributed by atoms with Gasteiger partial charge < -0.3 is 20.1 Å². The van der Waals surface area contributed by atoms with Crippen molar-refractivity contribution in [1.29, 1.82) is 0 Å². The number of benzene rings is 1. The summed E-state index contributed by atoms with van der Waals surface area (Å²) in [5.74, 6) is 1.71. The van der Waals surface area contributed by atoms with E-state index in [1.165, 1.54) is 10.2 Å². The number of aromatic nitrogens is 4. The van der Waals surface area contributed by atoms with Gasteiger partial charge in [0.05, 0.1) is 0 Å². The molecular weight excluding hydrogens is 326 g/mol. The highest BCUT2D eigenvalue weighted by Crippen LogP contribution is 2.32. The first kappa shape index (κ1) is 15.6. The molecule has 132 valence electrons. The monoisotopic (exact) mass is 345 g/mol. The molecule has 0 bridgehead atoms. The molecule has 4 rings (SSSR count). The van der Waals surface area contributed by atoms with E-state index in [0.29, 0.717) is 13.1 Å². The predicted octanol–water partition coefficient (Wildman–Crippen LogP) is -0.672. The van der Waals surface area contributed by atoms with Crippen molar-refractivity contribution < 1.29 is 14.3 Å². The fourth-order valence-electron chi connectivity index (χ4n) is 3.01. The lowest BCUT2D eigenvalue weighted by Gasteiger charge is -2.34. The highest BCUT2D eigenvalue weighted by Gasteiger charge is 2.23. The van der Waals surface area contributed by atoms with Crippen molar-refractivity contribution in [2.45, 2.75) is 13.1 Å². The summed E-state index contributed by atoms with van der Waals surface area (Å²) < 4.78 is 12.1. The standard InChI is InChI=1S/C15H19N7O3/c16-15-17-18-19-22(15)9-14(23)21-5-3-20(4-6-21)8-11-1-2-12-13(7-11)25-10-24-12/h1-2,7H,3-6,8-10H2,(H2,16,17,19). The first-order valence-corrected chi connectivity index (χ1v) is 8.09. The minimum Gasteiger partial charge on any atom is -0.454 e. The molecular formula is C15H19N7O3. The SMILES string of the molecule is Nc1nnnn1CC(=O)N1CCN(Cc2ccc3c(c2)OCO3)CC1. The summed E-state index contributed by atoms with van der Waals surface area (Å²) in [7, 11) is 0. The molecule has 10 heteroatoms. The van der Waals surface area contributed by atoms with Crippen LogP contribution in [0.1, 0.15) is 5.56 Å². The van der Waals surface area contributed by atoms with Crippen LogP contribution in [0.4, 0.5) is 5.95 Å². The van der Waals surface area contributed by atoms with Gasteiger partial charge in [-0.1, -0.05) is 11.2 Å². The van der Waals surface area contributed by atoms with Crippen molar-refractivity contribution in [1.82, 2.24) is 30.0 Å². The van der Waals surface area contributed by atoms with E-state index in [1.54, 1.807) is 0 Å². The Morgan fingerprint density at radius 3 is 2.72 bits per heavy atom. The Kier molecular flexibility index (Phi) is 4.10. The Balaban J connectivity index is 1.29. The topological polar surface area (TPSA) is 112 Å². The van der Waals surface area contributed by atoms with E-state index >= 15 is 0 Å². The Bertz CT molecular complexity index is 770. The largest absolute Gasteiger partial charge is 0.454 e. The zero-order valence-corrected chi connectivity index (χ0v) is 13.7. The molecule has 2 aromatic rings. The Morgan fingerprint density at radius 1 is 1.16 bits per heavy atom.